The van der Waals surface area contributed by atoms with Crippen LogP contribution in [0.2, 0.25) is 0 Å². The molecule has 3 aromatic rings. The van der Waals surface area contributed by atoms with Gasteiger partial charge < -0.3 is 14.2 Å². The minimum atomic E-state index is -1.01. The van der Waals surface area contributed by atoms with Gasteiger partial charge in [-0.15, -0.1) is 0 Å². The molecule has 3 nitrogen and oxygen atoms in total. The molecule has 1 saturated heterocycles. The molecule has 4 rings (SSSR count). The predicted octanol–water partition coefficient (Wildman–Crippen LogP) is 7.26. The van der Waals surface area contributed by atoms with E-state index in [9.17, 15) is 13.2 Å². The van der Waals surface area contributed by atoms with Gasteiger partial charge >= 0.3 is 0 Å². The third-order valence-electron chi connectivity index (χ3n) is 5.89. The summed E-state index contributed by atoms with van der Waals surface area (Å²) in [6.45, 7) is 6.82. The van der Waals surface area contributed by atoms with E-state index in [1.165, 1.54) is 18.2 Å². The molecule has 1 heterocycles. The Morgan fingerprint density at radius 2 is 1.56 bits per heavy atom. The minimum absolute atomic E-state index is 0.0612. The molecule has 0 amide bonds. The van der Waals surface area contributed by atoms with Crippen LogP contribution in [0, 0.1) is 17.5 Å². The van der Waals surface area contributed by atoms with Gasteiger partial charge in [0, 0.05) is 17.0 Å². The van der Waals surface area contributed by atoms with Crippen LogP contribution in [-0.2, 0) is 9.47 Å². The first-order chi connectivity index (χ1) is 16.5. The number of benzene rings is 3. The van der Waals surface area contributed by atoms with E-state index in [0.717, 1.165) is 18.4 Å². The van der Waals surface area contributed by atoms with Gasteiger partial charge in [0.25, 0.3) is 0 Å². The van der Waals surface area contributed by atoms with Gasteiger partial charge in [-0.1, -0.05) is 56.3 Å². The van der Waals surface area contributed by atoms with Crippen molar-refractivity contribution >= 4 is 0 Å². The third-order valence-corrected chi connectivity index (χ3v) is 5.89. The van der Waals surface area contributed by atoms with Crippen molar-refractivity contribution in [3.63, 3.8) is 0 Å². The van der Waals surface area contributed by atoms with E-state index in [0.29, 0.717) is 36.5 Å². The number of halogens is 3. The second-order valence-corrected chi connectivity index (χ2v) is 8.23. The lowest BCUT2D eigenvalue weighted by molar-refractivity contribution is -0.159. The van der Waals surface area contributed by atoms with E-state index < -0.39 is 17.9 Å². The predicted molar refractivity (Wildman–Crippen MR) is 126 cm³/mol. The van der Waals surface area contributed by atoms with Gasteiger partial charge in [-0.05, 0) is 47.4 Å². The molecule has 178 valence electrons. The molecule has 0 spiro atoms. The van der Waals surface area contributed by atoms with Crippen LogP contribution in [0.3, 0.4) is 0 Å². The van der Waals surface area contributed by atoms with Gasteiger partial charge in [0.05, 0.1) is 19.8 Å². The van der Waals surface area contributed by atoms with Crippen molar-refractivity contribution in [2.24, 2.45) is 0 Å². The van der Waals surface area contributed by atoms with E-state index >= 15 is 0 Å². The molecule has 0 radical (unpaired) electrons. The molecule has 0 N–H and O–H groups in total. The van der Waals surface area contributed by atoms with Crippen LogP contribution in [0.1, 0.15) is 31.2 Å². The summed E-state index contributed by atoms with van der Waals surface area (Å²) in [6, 6.07) is 14.7. The maximum absolute atomic E-state index is 14.9. The number of unbranched alkanes of at least 4 members (excludes halogenated alkanes) is 1. The first-order valence-corrected chi connectivity index (χ1v) is 11.4. The Morgan fingerprint density at radius 1 is 0.912 bits per heavy atom. The van der Waals surface area contributed by atoms with Crippen LogP contribution in [-0.4, -0.2) is 26.1 Å². The fourth-order valence-electron chi connectivity index (χ4n) is 3.89. The fraction of sp³-hybridized carbons (Fsp3) is 0.286. The van der Waals surface area contributed by atoms with Crippen molar-refractivity contribution in [3.8, 4) is 28.0 Å². The Labute approximate surface area is 197 Å². The summed E-state index contributed by atoms with van der Waals surface area (Å²) in [5, 5.41) is 0. The fourth-order valence-corrected chi connectivity index (χ4v) is 3.89. The van der Waals surface area contributed by atoms with Gasteiger partial charge in [0.2, 0.25) is 5.82 Å². The van der Waals surface area contributed by atoms with Gasteiger partial charge in [-0.2, -0.15) is 4.39 Å². The number of ether oxygens (including phenoxy) is 3. The monoisotopic (exact) mass is 468 g/mol. The average molecular weight is 469 g/mol. The number of hydrogen-bond donors (Lipinski definition) is 0. The molecule has 3 aromatic carbocycles. The van der Waals surface area contributed by atoms with Crippen LogP contribution in [0.4, 0.5) is 13.2 Å². The Balaban J connectivity index is 1.51. The second-order valence-electron chi connectivity index (χ2n) is 8.23. The SMILES string of the molecule is C=CC1OCC(c2ccc(-c3ccc(-c4ccc(OCCCC)c(F)c4F)cc3)c(F)c2)CO1. The second kappa shape index (κ2) is 10.9. The van der Waals surface area contributed by atoms with Gasteiger partial charge in [-0.3, -0.25) is 0 Å². The summed E-state index contributed by atoms with van der Waals surface area (Å²) >= 11 is 0. The minimum Gasteiger partial charge on any atom is -0.490 e. The summed E-state index contributed by atoms with van der Waals surface area (Å²) in [5.74, 6) is -2.50. The van der Waals surface area contributed by atoms with Crippen molar-refractivity contribution in [1.29, 1.82) is 0 Å². The van der Waals surface area contributed by atoms with Crippen molar-refractivity contribution in [3.05, 3.63) is 90.3 Å². The quantitative estimate of drug-likeness (QED) is 0.257. The molecule has 1 aliphatic heterocycles. The van der Waals surface area contributed by atoms with Crippen molar-refractivity contribution in [2.45, 2.75) is 32.0 Å². The van der Waals surface area contributed by atoms with Crippen LogP contribution in [0.5, 0.6) is 5.75 Å². The van der Waals surface area contributed by atoms with Gasteiger partial charge in [0.15, 0.2) is 17.9 Å². The summed E-state index contributed by atoms with van der Waals surface area (Å²) in [7, 11) is 0. The first-order valence-electron chi connectivity index (χ1n) is 11.4. The molecule has 1 aliphatic rings. The summed E-state index contributed by atoms with van der Waals surface area (Å²) < 4.78 is 60.4. The zero-order valence-electron chi connectivity index (χ0n) is 19.0. The Bertz CT molecular complexity index is 1140. The highest BCUT2D eigenvalue weighted by molar-refractivity contribution is 5.71. The maximum Gasteiger partial charge on any atom is 0.201 e. The molecular weight excluding hydrogens is 441 g/mol. The van der Waals surface area contributed by atoms with Crippen LogP contribution >= 0.6 is 0 Å². The van der Waals surface area contributed by atoms with Crippen molar-refractivity contribution in [2.75, 3.05) is 19.8 Å². The summed E-state index contributed by atoms with van der Waals surface area (Å²) in [6.07, 6.45) is 2.82. The van der Waals surface area contributed by atoms with Crippen molar-refractivity contribution < 1.29 is 27.4 Å². The molecule has 0 saturated carbocycles. The normalized spacial score (nSPS) is 18.0. The van der Waals surface area contributed by atoms with Gasteiger partial charge in [0.1, 0.15) is 5.82 Å². The molecule has 0 bridgehead atoms. The smallest absolute Gasteiger partial charge is 0.201 e. The lowest BCUT2D eigenvalue weighted by atomic mass is 9.95. The van der Waals surface area contributed by atoms with E-state index in [4.69, 9.17) is 14.2 Å². The zero-order chi connectivity index (χ0) is 24.1. The van der Waals surface area contributed by atoms with Crippen LogP contribution in [0.25, 0.3) is 22.3 Å². The Morgan fingerprint density at radius 3 is 2.18 bits per heavy atom. The molecule has 6 heteroatoms. The highest BCUT2D eigenvalue weighted by atomic mass is 19.2. The van der Waals surface area contributed by atoms with E-state index in [1.54, 1.807) is 36.4 Å². The summed E-state index contributed by atoms with van der Waals surface area (Å²) in [5.41, 5.74) is 2.46. The largest absolute Gasteiger partial charge is 0.490 e. The van der Waals surface area contributed by atoms with Gasteiger partial charge in [-0.25, -0.2) is 8.78 Å². The molecule has 0 aliphatic carbocycles. The zero-order valence-corrected chi connectivity index (χ0v) is 19.0. The number of rotatable bonds is 8. The molecule has 34 heavy (non-hydrogen) atoms. The topological polar surface area (TPSA) is 27.7 Å². The maximum atomic E-state index is 14.9. The Kier molecular flexibility index (Phi) is 7.70. The highest BCUT2D eigenvalue weighted by Gasteiger charge is 2.23. The van der Waals surface area contributed by atoms with E-state index in [-0.39, 0.29) is 23.0 Å². The number of hydrogen-bond acceptors (Lipinski definition) is 3. The molecule has 0 atom stereocenters. The Hall–Kier alpha value is -3.09. The van der Waals surface area contributed by atoms with Crippen molar-refractivity contribution in [1.82, 2.24) is 0 Å². The molecular formula is C28H27F3O3. The van der Waals surface area contributed by atoms with E-state index in [2.05, 4.69) is 6.58 Å². The first kappa shape index (κ1) is 24.0. The molecule has 0 unspecified atom stereocenters. The highest BCUT2D eigenvalue weighted by Crippen LogP contribution is 2.33. The van der Waals surface area contributed by atoms with Crippen LogP contribution in [0.15, 0.2) is 67.3 Å². The summed E-state index contributed by atoms with van der Waals surface area (Å²) in [4.78, 5) is 0. The van der Waals surface area contributed by atoms with E-state index in [1.807, 2.05) is 13.0 Å². The lowest BCUT2D eigenvalue weighted by Crippen LogP contribution is -2.29. The standard InChI is InChI=1S/C28H27F3O3/c1-3-5-14-32-25-13-12-23(27(30)28(25)31)19-8-6-18(7-9-19)22-11-10-20(15-24(22)29)21-16-33-26(4-2)34-17-21/h4,6-13,15,21,26H,2-3,5,14,16-17H2,1H3. The molecule has 1 fully saturated rings. The van der Waals surface area contributed by atoms with Crippen LogP contribution < -0.4 is 4.74 Å². The lowest BCUT2D eigenvalue weighted by Gasteiger charge is -2.28. The third kappa shape index (κ3) is 5.18. The molecule has 0 aromatic heterocycles. The average Bonchev–Trinajstić information content (AvgIpc) is 2.87.